The first kappa shape index (κ1) is 22.1. The second-order valence-electron chi connectivity index (χ2n) is 6.86. The molecule has 2 heterocycles. The van der Waals surface area contributed by atoms with Crippen LogP contribution in [0.2, 0.25) is 0 Å². The van der Waals surface area contributed by atoms with Crippen molar-refractivity contribution >= 4 is 28.3 Å². The number of carbonyl (C=O) groups excluding carboxylic acids is 1. The predicted octanol–water partition coefficient (Wildman–Crippen LogP) is 1.20. The summed E-state index contributed by atoms with van der Waals surface area (Å²) >= 11 is 0. The molecule has 0 aromatic heterocycles. The summed E-state index contributed by atoms with van der Waals surface area (Å²) in [6.45, 7) is 4.13. The van der Waals surface area contributed by atoms with Crippen LogP contribution < -0.4 is 5.32 Å². The molecule has 0 aliphatic carbocycles. The lowest BCUT2D eigenvalue weighted by molar-refractivity contribution is 0.0303. The average molecular weight is 418 g/mol. The van der Waals surface area contributed by atoms with Gasteiger partial charge in [-0.3, -0.25) is 4.79 Å². The van der Waals surface area contributed by atoms with Crippen molar-refractivity contribution in [3.05, 3.63) is 29.8 Å². The molecule has 1 N–H and O–H groups in total. The molecule has 0 spiro atoms. The minimum Gasteiger partial charge on any atom is -0.378 e. The van der Waals surface area contributed by atoms with Gasteiger partial charge >= 0.3 is 0 Å². The number of ether oxygens (including phenoxy) is 1. The Morgan fingerprint density at radius 1 is 1.19 bits per heavy atom. The van der Waals surface area contributed by atoms with Gasteiger partial charge in [0.05, 0.1) is 18.1 Å². The van der Waals surface area contributed by atoms with Gasteiger partial charge in [0.1, 0.15) is 0 Å². The third kappa shape index (κ3) is 5.20. The number of nitrogens with zero attached hydrogens (tertiary/aromatic N) is 2. The molecule has 2 aliphatic heterocycles. The van der Waals surface area contributed by atoms with E-state index in [1.165, 1.54) is 0 Å². The normalized spacial score (nSPS) is 21.5. The second kappa shape index (κ2) is 9.84. The molecule has 1 aromatic rings. The highest BCUT2D eigenvalue weighted by molar-refractivity contribution is 7.89. The van der Waals surface area contributed by atoms with E-state index >= 15 is 0 Å². The zero-order valence-electron chi connectivity index (χ0n) is 15.6. The van der Waals surface area contributed by atoms with Crippen LogP contribution in [0.3, 0.4) is 0 Å². The van der Waals surface area contributed by atoms with Gasteiger partial charge in [-0.15, -0.1) is 12.4 Å². The van der Waals surface area contributed by atoms with E-state index < -0.39 is 10.0 Å². The van der Waals surface area contributed by atoms with E-state index in [2.05, 4.69) is 5.32 Å². The van der Waals surface area contributed by atoms with Crippen LogP contribution in [0, 0.1) is 5.92 Å². The summed E-state index contributed by atoms with van der Waals surface area (Å²) in [4.78, 5) is 14.5. The first-order valence-corrected chi connectivity index (χ1v) is 10.6. The zero-order valence-corrected chi connectivity index (χ0v) is 17.2. The van der Waals surface area contributed by atoms with Gasteiger partial charge in [-0.05, 0) is 56.6 Å². The Balaban J connectivity index is 0.00000261. The van der Waals surface area contributed by atoms with Gasteiger partial charge in [0.2, 0.25) is 10.0 Å². The second-order valence-corrected chi connectivity index (χ2v) is 8.80. The van der Waals surface area contributed by atoms with Gasteiger partial charge in [0, 0.05) is 31.7 Å². The Bertz CT molecular complexity index is 719. The lowest BCUT2D eigenvalue weighted by Crippen LogP contribution is -2.42. The number of halogens is 1. The van der Waals surface area contributed by atoms with E-state index in [1.807, 2.05) is 7.05 Å². The van der Waals surface area contributed by atoms with Crippen LogP contribution in [0.25, 0.3) is 0 Å². The Labute approximate surface area is 167 Å². The fourth-order valence-electron chi connectivity index (χ4n) is 3.57. The molecule has 0 bridgehead atoms. The number of benzene rings is 1. The van der Waals surface area contributed by atoms with Gasteiger partial charge in [0.15, 0.2) is 0 Å². The van der Waals surface area contributed by atoms with Crippen LogP contribution in [-0.2, 0) is 14.8 Å². The number of rotatable bonds is 5. The third-order valence-corrected chi connectivity index (χ3v) is 6.89. The monoisotopic (exact) mass is 417 g/mol. The van der Waals surface area contributed by atoms with Gasteiger partial charge in [-0.2, -0.15) is 4.31 Å². The van der Waals surface area contributed by atoms with Crippen LogP contribution >= 0.6 is 12.4 Å². The van der Waals surface area contributed by atoms with Gasteiger partial charge in [0.25, 0.3) is 5.91 Å². The van der Waals surface area contributed by atoms with Crippen LogP contribution in [0.1, 0.15) is 23.2 Å². The summed E-state index contributed by atoms with van der Waals surface area (Å²) in [5.74, 6) is 0.259. The predicted molar refractivity (Wildman–Crippen MR) is 106 cm³/mol. The minimum absolute atomic E-state index is 0. The molecule has 2 saturated heterocycles. The lowest BCUT2D eigenvalue weighted by atomic mass is 10.00. The maximum atomic E-state index is 12.9. The molecular formula is C18H28ClN3O4S. The number of hydrogen-bond donors (Lipinski definition) is 1. The maximum absolute atomic E-state index is 12.9. The molecule has 1 aromatic carbocycles. The Kier molecular flexibility index (Phi) is 8.05. The highest BCUT2D eigenvalue weighted by atomic mass is 35.5. The number of piperidine rings is 1. The first-order chi connectivity index (χ1) is 12.5. The molecule has 1 amide bonds. The van der Waals surface area contributed by atoms with Gasteiger partial charge in [-0.25, -0.2) is 8.42 Å². The van der Waals surface area contributed by atoms with Gasteiger partial charge < -0.3 is 15.0 Å². The number of hydrogen-bond acceptors (Lipinski definition) is 5. The number of amides is 1. The highest BCUT2D eigenvalue weighted by Gasteiger charge is 2.30. The lowest BCUT2D eigenvalue weighted by Gasteiger charge is -2.32. The number of sulfonamides is 1. The highest BCUT2D eigenvalue weighted by Crippen LogP contribution is 2.24. The molecule has 1 atom stereocenters. The van der Waals surface area contributed by atoms with Crippen LogP contribution in [-0.4, -0.2) is 76.5 Å². The smallest absolute Gasteiger partial charge is 0.254 e. The Hall–Kier alpha value is -1.19. The Morgan fingerprint density at radius 2 is 1.85 bits per heavy atom. The van der Waals surface area contributed by atoms with Crippen molar-refractivity contribution in [2.45, 2.75) is 17.7 Å². The van der Waals surface area contributed by atoms with Crippen molar-refractivity contribution in [2.75, 3.05) is 53.0 Å². The van der Waals surface area contributed by atoms with E-state index in [9.17, 15) is 13.2 Å². The molecule has 0 saturated carbocycles. The molecule has 7 nitrogen and oxygen atoms in total. The fraction of sp³-hybridized carbons (Fsp3) is 0.611. The summed E-state index contributed by atoms with van der Waals surface area (Å²) in [7, 11) is -1.63. The molecule has 2 fully saturated rings. The molecule has 27 heavy (non-hydrogen) atoms. The molecule has 152 valence electrons. The SMILES string of the molecule is CNCC1CCCN(S(=O)(=O)c2ccc(C(=O)N3CCOCC3)cc2)C1.Cl. The molecule has 2 aliphatic rings. The van der Waals surface area contributed by atoms with Crippen LogP contribution in [0.15, 0.2) is 29.2 Å². The van der Waals surface area contributed by atoms with Crippen LogP contribution in [0.5, 0.6) is 0 Å². The van der Waals surface area contributed by atoms with Crippen molar-refractivity contribution < 1.29 is 17.9 Å². The summed E-state index contributed by atoms with van der Waals surface area (Å²) in [6, 6.07) is 6.31. The van der Waals surface area contributed by atoms with E-state index in [-0.39, 0.29) is 23.2 Å². The first-order valence-electron chi connectivity index (χ1n) is 9.14. The quantitative estimate of drug-likeness (QED) is 0.778. The van der Waals surface area contributed by atoms with Gasteiger partial charge in [-0.1, -0.05) is 0 Å². The third-order valence-electron chi connectivity index (χ3n) is 5.01. The van der Waals surface area contributed by atoms with Crippen LogP contribution in [0.4, 0.5) is 0 Å². The molecule has 9 heteroatoms. The standard InChI is InChI=1S/C18H27N3O4S.ClH/c1-19-13-15-3-2-8-21(14-15)26(23,24)17-6-4-16(5-7-17)18(22)20-9-11-25-12-10-20;/h4-7,15,19H,2-3,8-14H2,1H3;1H. The summed E-state index contributed by atoms with van der Waals surface area (Å²) < 4.78 is 32.7. The molecule has 0 radical (unpaired) electrons. The molecular weight excluding hydrogens is 390 g/mol. The largest absolute Gasteiger partial charge is 0.378 e. The number of morpholine rings is 1. The van der Waals surface area contributed by atoms with E-state index in [0.717, 1.165) is 19.4 Å². The average Bonchev–Trinajstić information content (AvgIpc) is 2.69. The van der Waals surface area contributed by atoms with Crippen molar-refractivity contribution in [1.82, 2.24) is 14.5 Å². The minimum atomic E-state index is -3.52. The number of carbonyl (C=O) groups is 1. The zero-order chi connectivity index (χ0) is 18.6. The maximum Gasteiger partial charge on any atom is 0.254 e. The van der Waals surface area contributed by atoms with Crippen molar-refractivity contribution in [3.63, 3.8) is 0 Å². The summed E-state index contributed by atoms with van der Waals surface area (Å²) in [5, 5.41) is 3.13. The van der Waals surface area contributed by atoms with E-state index in [4.69, 9.17) is 4.74 Å². The van der Waals surface area contributed by atoms with Crippen molar-refractivity contribution in [2.24, 2.45) is 5.92 Å². The molecule has 3 rings (SSSR count). The topological polar surface area (TPSA) is 79.0 Å². The number of nitrogens with one attached hydrogen (secondary N) is 1. The Morgan fingerprint density at radius 3 is 2.48 bits per heavy atom. The van der Waals surface area contributed by atoms with E-state index in [1.54, 1.807) is 33.5 Å². The van der Waals surface area contributed by atoms with E-state index in [0.29, 0.717) is 50.9 Å². The molecule has 1 unspecified atom stereocenters. The summed E-state index contributed by atoms with van der Waals surface area (Å²) in [5.41, 5.74) is 0.512. The van der Waals surface area contributed by atoms with Crippen molar-refractivity contribution in [1.29, 1.82) is 0 Å². The summed E-state index contributed by atoms with van der Waals surface area (Å²) in [6.07, 6.45) is 1.92. The fourth-order valence-corrected chi connectivity index (χ4v) is 5.12. The van der Waals surface area contributed by atoms with Crippen molar-refractivity contribution in [3.8, 4) is 0 Å².